The van der Waals surface area contributed by atoms with Crippen molar-refractivity contribution in [2.24, 2.45) is 0 Å². The molecular weight excluding hydrogens is 376 g/mol. The summed E-state index contributed by atoms with van der Waals surface area (Å²) in [7, 11) is 0. The standard InChI is InChI=1S/C22H27ClN2O3/c1-16-4-3-5-21(17(16)2)28-15-22(26)24-14-20(25-10-12-27-13-11-25)18-6-8-19(23)9-7-18/h3-9,20H,10-15H2,1-2H3,(H,24,26). The van der Waals surface area contributed by atoms with E-state index in [-0.39, 0.29) is 18.6 Å². The van der Waals surface area contributed by atoms with Crippen LogP contribution in [0.25, 0.3) is 0 Å². The summed E-state index contributed by atoms with van der Waals surface area (Å²) in [6.45, 7) is 7.61. The van der Waals surface area contributed by atoms with Crippen molar-refractivity contribution in [3.8, 4) is 5.75 Å². The molecule has 3 rings (SSSR count). The number of amides is 1. The number of halogens is 1. The molecule has 0 aromatic heterocycles. The third-order valence-electron chi connectivity index (χ3n) is 5.15. The highest BCUT2D eigenvalue weighted by molar-refractivity contribution is 6.30. The first-order valence-corrected chi connectivity index (χ1v) is 9.95. The lowest BCUT2D eigenvalue weighted by Gasteiger charge is -2.35. The van der Waals surface area contributed by atoms with Crippen molar-refractivity contribution in [3.63, 3.8) is 0 Å². The average molecular weight is 403 g/mol. The Labute approximate surface area is 171 Å². The van der Waals surface area contributed by atoms with Gasteiger partial charge < -0.3 is 14.8 Å². The van der Waals surface area contributed by atoms with Gasteiger partial charge in [0.05, 0.1) is 19.3 Å². The van der Waals surface area contributed by atoms with E-state index in [0.717, 1.165) is 35.5 Å². The van der Waals surface area contributed by atoms with Crippen molar-refractivity contribution in [2.75, 3.05) is 39.5 Å². The van der Waals surface area contributed by atoms with E-state index in [4.69, 9.17) is 21.1 Å². The maximum atomic E-state index is 12.4. The molecule has 1 amide bonds. The van der Waals surface area contributed by atoms with Crippen molar-refractivity contribution in [1.82, 2.24) is 10.2 Å². The van der Waals surface area contributed by atoms with E-state index in [1.807, 2.05) is 56.3 Å². The van der Waals surface area contributed by atoms with Crippen LogP contribution in [0.4, 0.5) is 0 Å². The molecule has 28 heavy (non-hydrogen) atoms. The van der Waals surface area contributed by atoms with Gasteiger partial charge in [-0.2, -0.15) is 0 Å². The van der Waals surface area contributed by atoms with Gasteiger partial charge in [-0.25, -0.2) is 0 Å². The van der Waals surface area contributed by atoms with Crippen LogP contribution in [0, 0.1) is 13.8 Å². The molecule has 150 valence electrons. The van der Waals surface area contributed by atoms with Crippen LogP contribution >= 0.6 is 11.6 Å². The lowest BCUT2D eigenvalue weighted by molar-refractivity contribution is -0.123. The van der Waals surface area contributed by atoms with Gasteiger partial charge in [-0.1, -0.05) is 35.9 Å². The molecule has 6 heteroatoms. The predicted molar refractivity (Wildman–Crippen MR) is 111 cm³/mol. The van der Waals surface area contributed by atoms with Crippen LogP contribution in [0.1, 0.15) is 22.7 Å². The second kappa shape index (κ2) is 9.92. The monoisotopic (exact) mass is 402 g/mol. The first kappa shape index (κ1) is 20.6. The van der Waals surface area contributed by atoms with Crippen LogP contribution in [0.3, 0.4) is 0 Å². The highest BCUT2D eigenvalue weighted by atomic mass is 35.5. The van der Waals surface area contributed by atoms with Crippen LogP contribution in [0.5, 0.6) is 5.75 Å². The van der Waals surface area contributed by atoms with Crippen molar-refractivity contribution >= 4 is 17.5 Å². The maximum Gasteiger partial charge on any atom is 0.258 e. The number of carbonyl (C=O) groups is 1. The van der Waals surface area contributed by atoms with Crippen molar-refractivity contribution in [2.45, 2.75) is 19.9 Å². The summed E-state index contributed by atoms with van der Waals surface area (Å²) < 4.78 is 11.2. The van der Waals surface area contributed by atoms with E-state index in [9.17, 15) is 4.79 Å². The van der Waals surface area contributed by atoms with Crippen LogP contribution in [-0.4, -0.2) is 50.3 Å². The highest BCUT2D eigenvalue weighted by Crippen LogP contribution is 2.23. The summed E-state index contributed by atoms with van der Waals surface area (Å²) in [6, 6.07) is 13.7. The minimum Gasteiger partial charge on any atom is -0.483 e. The molecule has 1 saturated heterocycles. The zero-order valence-electron chi connectivity index (χ0n) is 16.4. The summed E-state index contributed by atoms with van der Waals surface area (Å²) in [6.07, 6.45) is 0. The molecule has 1 fully saturated rings. The number of carbonyl (C=O) groups excluding carboxylic acids is 1. The van der Waals surface area contributed by atoms with Gasteiger partial charge in [0.15, 0.2) is 6.61 Å². The molecule has 2 aromatic rings. The predicted octanol–water partition coefficient (Wildman–Crippen LogP) is 3.53. The summed E-state index contributed by atoms with van der Waals surface area (Å²) in [5.74, 6) is 0.616. The number of nitrogens with one attached hydrogen (secondary N) is 1. The molecular formula is C22H27ClN2O3. The highest BCUT2D eigenvalue weighted by Gasteiger charge is 2.23. The molecule has 0 bridgehead atoms. The number of benzene rings is 2. The van der Waals surface area contributed by atoms with Gasteiger partial charge in [0.25, 0.3) is 5.91 Å². The van der Waals surface area contributed by atoms with E-state index in [2.05, 4.69) is 10.2 Å². The third-order valence-corrected chi connectivity index (χ3v) is 5.40. The lowest BCUT2D eigenvalue weighted by Crippen LogP contribution is -2.44. The van der Waals surface area contributed by atoms with Crippen molar-refractivity contribution < 1.29 is 14.3 Å². The summed E-state index contributed by atoms with van der Waals surface area (Å²) in [4.78, 5) is 14.7. The van der Waals surface area contributed by atoms with Gasteiger partial charge in [-0.05, 0) is 48.7 Å². The normalized spacial score (nSPS) is 15.8. The number of hydrogen-bond acceptors (Lipinski definition) is 4. The quantitative estimate of drug-likeness (QED) is 0.769. The smallest absolute Gasteiger partial charge is 0.258 e. The summed E-state index contributed by atoms with van der Waals surface area (Å²) in [5.41, 5.74) is 3.33. The van der Waals surface area contributed by atoms with Crippen molar-refractivity contribution in [1.29, 1.82) is 0 Å². The Kier molecular flexibility index (Phi) is 7.31. The zero-order valence-corrected chi connectivity index (χ0v) is 17.2. The first-order valence-electron chi connectivity index (χ1n) is 9.57. The van der Waals surface area contributed by atoms with E-state index in [0.29, 0.717) is 24.8 Å². The fourth-order valence-electron chi connectivity index (χ4n) is 3.32. The number of aryl methyl sites for hydroxylation is 1. The molecule has 1 atom stereocenters. The van der Waals surface area contributed by atoms with Crippen molar-refractivity contribution in [3.05, 3.63) is 64.2 Å². The fraction of sp³-hybridized carbons (Fsp3) is 0.409. The Hall–Kier alpha value is -2.08. The molecule has 0 spiro atoms. The number of rotatable bonds is 7. The Morgan fingerprint density at radius 2 is 1.89 bits per heavy atom. The molecule has 0 radical (unpaired) electrons. The topological polar surface area (TPSA) is 50.8 Å². The molecule has 0 saturated carbocycles. The largest absolute Gasteiger partial charge is 0.483 e. The van der Waals surface area contributed by atoms with Crippen LogP contribution in [-0.2, 0) is 9.53 Å². The van der Waals surface area contributed by atoms with Gasteiger partial charge in [-0.15, -0.1) is 0 Å². The average Bonchev–Trinajstić information content (AvgIpc) is 2.71. The summed E-state index contributed by atoms with van der Waals surface area (Å²) >= 11 is 6.03. The molecule has 5 nitrogen and oxygen atoms in total. The second-order valence-electron chi connectivity index (χ2n) is 7.01. The Morgan fingerprint density at radius 1 is 1.18 bits per heavy atom. The van der Waals surface area contributed by atoms with Crippen LogP contribution in [0.15, 0.2) is 42.5 Å². The first-order chi connectivity index (χ1) is 13.5. The third kappa shape index (κ3) is 5.47. The van der Waals surface area contributed by atoms with Gasteiger partial charge in [0, 0.05) is 24.7 Å². The minimum atomic E-state index is -0.131. The number of hydrogen-bond donors (Lipinski definition) is 1. The van der Waals surface area contributed by atoms with Crippen LogP contribution < -0.4 is 10.1 Å². The van der Waals surface area contributed by atoms with Gasteiger partial charge in [0.2, 0.25) is 0 Å². The molecule has 1 heterocycles. The Balaban J connectivity index is 1.60. The summed E-state index contributed by atoms with van der Waals surface area (Å²) in [5, 5.41) is 3.72. The Morgan fingerprint density at radius 3 is 2.61 bits per heavy atom. The molecule has 1 N–H and O–H groups in total. The van der Waals surface area contributed by atoms with Gasteiger partial charge in [0.1, 0.15) is 5.75 Å². The van der Waals surface area contributed by atoms with E-state index in [1.165, 1.54) is 0 Å². The van der Waals surface area contributed by atoms with E-state index in [1.54, 1.807) is 0 Å². The van der Waals surface area contributed by atoms with Gasteiger partial charge in [-0.3, -0.25) is 9.69 Å². The van der Waals surface area contributed by atoms with Crippen LogP contribution in [0.2, 0.25) is 5.02 Å². The molecule has 1 unspecified atom stereocenters. The zero-order chi connectivity index (χ0) is 19.9. The minimum absolute atomic E-state index is 0.000736. The lowest BCUT2D eigenvalue weighted by atomic mass is 10.0. The molecule has 1 aliphatic rings. The second-order valence-corrected chi connectivity index (χ2v) is 7.44. The van der Waals surface area contributed by atoms with E-state index < -0.39 is 0 Å². The SMILES string of the molecule is Cc1cccc(OCC(=O)NCC(c2ccc(Cl)cc2)N2CCOCC2)c1C. The maximum absolute atomic E-state index is 12.4. The Bertz CT molecular complexity index is 789. The van der Waals surface area contributed by atoms with E-state index >= 15 is 0 Å². The fourth-order valence-corrected chi connectivity index (χ4v) is 3.44. The molecule has 2 aromatic carbocycles. The number of morpholine rings is 1. The number of ether oxygens (including phenoxy) is 2. The van der Waals surface area contributed by atoms with Gasteiger partial charge >= 0.3 is 0 Å². The molecule has 0 aliphatic carbocycles. The number of nitrogens with zero attached hydrogens (tertiary/aromatic N) is 1. The molecule has 1 aliphatic heterocycles.